The molecular formula is C12H21N3O3. The van der Waals surface area contributed by atoms with Crippen molar-refractivity contribution in [3.63, 3.8) is 0 Å². The average Bonchev–Trinajstić information content (AvgIpc) is 2.95. The SMILES string of the molecule is CC1(C(=O)O)CCCN1C(=O)N1CCC(CN)C1. The number of amides is 2. The number of hydrogen-bond donors (Lipinski definition) is 2. The zero-order valence-corrected chi connectivity index (χ0v) is 10.8. The number of likely N-dealkylation sites (tertiary alicyclic amines) is 2. The van der Waals surface area contributed by atoms with E-state index in [4.69, 9.17) is 5.73 Å². The van der Waals surface area contributed by atoms with Crippen LogP contribution in [0.2, 0.25) is 0 Å². The number of rotatable bonds is 2. The highest BCUT2D eigenvalue weighted by Gasteiger charge is 2.47. The molecule has 0 saturated carbocycles. The van der Waals surface area contributed by atoms with Crippen molar-refractivity contribution in [2.24, 2.45) is 11.7 Å². The summed E-state index contributed by atoms with van der Waals surface area (Å²) in [5, 5.41) is 9.30. The van der Waals surface area contributed by atoms with Gasteiger partial charge in [0.15, 0.2) is 0 Å². The van der Waals surface area contributed by atoms with Gasteiger partial charge in [-0.05, 0) is 38.6 Å². The van der Waals surface area contributed by atoms with Gasteiger partial charge in [0.05, 0.1) is 0 Å². The van der Waals surface area contributed by atoms with Gasteiger partial charge in [0.1, 0.15) is 5.54 Å². The Hall–Kier alpha value is -1.30. The van der Waals surface area contributed by atoms with E-state index < -0.39 is 11.5 Å². The number of hydrogen-bond acceptors (Lipinski definition) is 3. The molecule has 2 unspecified atom stereocenters. The summed E-state index contributed by atoms with van der Waals surface area (Å²) in [7, 11) is 0. The lowest BCUT2D eigenvalue weighted by molar-refractivity contribution is -0.147. The molecule has 18 heavy (non-hydrogen) atoms. The van der Waals surface area contributed by atoms with Crippen LogP contribution in [0, 0.1) is 5.92 Å². The van der Waals surface area contributed by atoms with Crippen LogP contribution < -0.4 is 5.73 Å². The van der Waals surface area contributed by atoms with Crippen molar-refractivity contribution in [3.8, 4) is 0 Å². The minimum Gasteiger partial charge on any atom is -0.480 e. The Bertz CT molecular complexity index is 360. The maximum absolute atomic E-state index is 12.4. The molecule has 0 aromatic rings. The lowest BCUT2D eigenvalue weighted by Crippen LogP contribution is -2.54. The van der Waals surface area contributed by atoms with Crippen LogP contribution in [0.1, 0.15) is 26.2 Å². The summed E-state index contributed by atoms with van der Waals surface area (Å²) >= 11 is 0. The number of carbonyl (C=O) groups is 2. The Kier molecular flexibility index (Phi) is 3.47. The summed E-state index contributed by atoms with van der Waals surface area (Å²) in [6.07, 6.45) is 2.20. The molecule has 0 aromatic carbocycles. The van der Waals surface area contributed by atoms with E-state index in [0.717, 1.165) is 12.8 Å². The van der Waals surface area contributed by atoms with Crippen LogP contribution >= 0.6 is 0 Å². The minimum atomic E-state index is -1.04. The molecule has 2 aliphatic heterocycles. The fourth-order valence-corrected chi connectivity index (χ4v) is 2.86. The van der Waals surface area contributed by atoms with Crippen molar-refractivity contribution in [1.29, 1.82) is 0 Å². The topological polar surface area (TPSA) is 86.9 Å². The Morgan fingerprint density at radius 2 is 2.17 bits per heavy atom. The maximum Gasteiger partial charge on any atom is 0.329 e. The molecule has 6 heteroatoms. The summed E-state index contributed by atoms with van der Waals surface area (Å²) in [4.78, 5) is 27.0. The molecule has 6 nitrogen and oxygen atoms in total. The van der Waals surface area contributed by atoms with E-state index in [2.05, 4.69) is 0 Å². The molecule has 2 saturated heterocycles. The zero-order valence-electron chi connectivity index (χ0n) is 10.8. The van der Waals surface area contributed by atoms with Crippen LogP contribution in [0.5, 0.6) is 0 Å². The molecule has 2 amide bonds. The first kappa shape index (κ1) is 13.1. The second kappa shape index (κ2) is 4.76. The van der Waals surface area contributed by atoms with Crippen LogP contribution in [0.4, 0.5) is 4.79 Å². The van der Waals surface area contributed by atoms with E-state index in [9.17, 15) is 14.7 Å². The molecule has 0 aliphatic carbocycles. The highest BCUT2D eigenvalue weighted by molar-refractivity contribution is 5.86. The lowest BCUT2D eigenvalue weighted by atomic mass is 10.00. The first-order valence-corrected chi connectivity index (χ1v) is 6.49. The second-order valence-electron chi connectivity index (χ2n) is 5.45. The number of carboxylic acids is 1. The predicted octanol–water partition coefficient (Wildman–Crippen LogP) is 0.326. The van der Waals surface area contributed by atoms with Crippen LogP contribution in [0.15, 0.2) is 0 Å². The highest BCUT2D eigenvalue weighted by Crippen LogP contribution is 2.31. The largest absolute Gasteiger partial charge is 0.480 e. The van der Waals surface area contributed by atoms with Gasteiger partial charge in [-0.1, -0.05) is 0 Å². The first-order chi connectivity index (χ1) is 8.49. The summed E-state index contributed by atoms with van der Waals surface area (Å²) in [6, 6.07) is -0.145. The van der Waals surface area contributed by atoms with Crippen molar-refractivity contribution in [1.82, 2.24) is 9.80 Å². The molecule has 3 N–H and O–H groups in total. The average molecular weight is 255 g/mol. The van der Waals surface area contributed by atoms with Crippen LogP contribution in [0.25, 0.3) is 0 Å². The van der Waals surface area contributed by atoms with Crippen molar-refractivity contribution in [2.75, 3.05) is 26.2 Å². The Balaban J connectivity index is 2.07. The van der Waals surface area contributed by atoms with Gasteiger partial charge in [-0.2, -0.15) is 0 Å². The van der Waals surface area contributed by atoms with Gasteiger partial charge in [0.2, 0.25) is 0 Å². The van der Waals surface area contributed by atoms with Crippen LogP contribution in [-0.4, -0.2) is 58.6 Å². The minimum absolute atomic E-state index is 0.145. The molecule has 2 heterocycles. The van der Waals surface area contributed by atoms with E-state index in [1.807, 2.05) is 0 Å². The maximum atomic E-state index is 12.4. The van der Waals surface area contributed by atoms with Crippen molar-refractivity contribution < 1.29 is 14.7 Å². The second-order valence-corrected chi connectivity index (χ2v) is 5.45. The van der Waals surface area contributed by atoms with Crippen molar-refractivity contribution >= 4 is 12.0 Å². The first-order valence-electron chi connectivity index (χ1n) is 6.49. The summed E-state index contributed by atoms with van der Waals surface area (Å²) in [5.41, 5.74) is 4.56. The number of carboxylic acid groups (broad SMARTS) is 1. The van der Waals surface area contributed by atoms with E-state index >= 15 is 0 Å². The van der Waals surface area contributed by atoms with Gasteiger partial charge >= 0.3 is 12.0 Å². The molecule has 0 aromatic heterocycles. The van der Waals surface area contributed by atoms with Gasteiger partial charge < -0.3 is 20.6 Å². The quantitative estimate of drug-likeness (QED) is 0.744. The Labute approximate surface area is 107 Å². The normalized spacial score (nSPS) is 32.0. The molecule has 0 bridgehead atoms. The number of urea groups is 1. The summed E-state index contributed by atoms with van der Waals surface area (Å²) in [5.74, 6) is -0.560. The third-order valence-electron chi connectivity index (χ3n) is 4.22. The Morgan fingerprint density at radius 3 is 2.72 bits per heavy atom. The van der Waals surface area contributed by atoms with E-state index in [1.54, 1.807) is 11.8 Å². The predicted molar refractivity (Wildman–Crippen MR) is 66.1 cm³/mol. The fourth-order valence-electron chi connectivity index (χ4n) is 2.86. The standard InChI is InChI=1S/C12H21N3O3/c1-12(10(16)17)4-2-5-15(12)11(18)14-6-3-9(7-13)8-14/h9H,2-8,13H2,1H3,(H,16,17). The zero-order chi connectivity index (χ0) is 13.3. The molecule has 2 fully saturated rings. The number of carbonyl (C=O) groups excluding carboxylic acids is 1. The molecule has 0 spiro atoms. The van der Waals surface area contributed by atoms with E-state index in [1.165, 1.54) is 4.90 Å². The van der Waals surface area contributed by atoms with Gasteiger partial charge in [-0.25, -0.2) is 9.59 Å². The third kappa shape index (κ3) is 2.05. The summed E-state index contributed by atoms with van der Waals surface area (Å²) < 4.78 is 0. The summed E-state index contributed by atoms with van der Waals surface area (Å²) in [6.45, 7) is 4.09. The highest BCUT2D eigenvalue weighted by atomic mass is 16.4. The number of nitrogens with two attached hydrogens (primary N) is 1. The Morgan fingerprint density at radius 1 is 1.44 bits per heavy atom. The van der Waals surface area contributed by atoms with E-state index in [0.29, 0.717) is 38.5 Å². The van der Waals surface area contributed by atoms with Crippen molar-refractivity contribution in [2.45, 2.75) is 31.7 Å². The molecule has 2 atom stereocenters. The third-order valence-corrected chi connectivity index (χ3v) is 4.22. The van der Waals surface area contributed by atoms with Crippen LogP contribution in [0.3, 0.4) is 0 Å². The van der Waals surface area contributed by atoms with Crippen LogP contribution in [-0.2, 0) is 4.79 Å². The monoisotopic (exact) mass is 255 g/mol. The number of aliphatic carboxylic acids is 1. The number of nitrogens with zero attached hydrogens (tertiary/aromatic N) is 2. The van der Waals surface area contributed by atoms with Gasteiger partial charge in [-0.3, -0.25) is 0 Å². The molecule has 2 rings (SSSR count). The van der Waals surface area contributed by atoms with Gasteiger partial charge in [0, 0.05) is 19.6 Å². The molecule has 0 radical (unpaired) electrons. The fraction of sp³-hybridized carbons (Fsp3) is 0.833. The molecular weight excluding hydrogens is 234 g/mol. The van der Waals surface area contributed by atoms with Gasteiger partial charge in [-0.15, -0.1) is 0 Å². The molecule has 2 aliphatic rings. The lowest BCUT2D eigenvalue weighted by Gasteiger charge is -2.34. The van der Waals surface area contributed by atoms with Gasteiger partial charge in [0.25, 0.3) is 0 Å². The van der Waals surface area contributed by atoms with E-state index in [-0.39, 0.29) is 6.03 Å². The smallest absolute Gasteiger partial charge is 0.329 e. The molecule has 102 valence electrons. The van der Waals surface area contributed by atoms with Crippen molar-refractivity contribution in [3.05, 3.63) is 0 Å².